The second-order valence-electron chi connectivity index (χ2n) is 18.1. The van der Waals surface area contributed by atoms with Crippen LogP contribution in [0.1, 0.15) is 131 Å². The molecule has 1 aromatic heterocycles. The molecule has 0 saturated heterocycles. The molecular weight excluding hydrogens is 761 g/mol. The third kappa shape index (κ3) is 13.3. The first-order valence-corrected chi connectivity index (χ1v) is 22.3. The molecule has 5 aliphatic carbocycles. The number of amides is 2. The number of ketones is 1. The Morgan fingerprint density at radius 3 is 2.35 bits per heavy atom. The predicted molar refractivity (Wildman–Crippen MR) is 229 cm³/mol. The predicted octanol–water partition coefficient (Wildman–Crippen LogP) is 7.17. The topological polar surface area (TPSA) is 163 Å². The minimum atomic E-state index is -0.599. The van der Waals surface area contributed by atoms with Crippen molar-refractivity contribution >= 4 is 29.3 Å². The molecule has 0 unspecified atom stereocenters. The first-order valence-electron chi connectivity index (χ1n) is 22.3. The number of rotatable bonds is 24. The van der Waals surface area contributed by atoms with Gasteiger partial charge in [0.2, 0.25) is 11.8 Å². The lowest BCUT2D eigenvalue weighted by molar-refractivity contribution is -0.125. The molecule has 1 heterocycles. The summed E-state index contributed by atoms with van der Waals surface area (Å²) in [4.78, 5) is 54.9. The molecule has 0 aliphatic heterocycles. The third-order valence-corrected chi connectivity index (χ3v) is 13.0. The molecule has 7 rings (SSSR count). The summed E-state index contributed by atoms with van der Waals surface area (Å²) < 4.78 is 13.3. The Morgan fingerprint density at radius 2 is 1.62 bits per heavy atom. The Labute approximate surface area is 355 Å². The largest absolute Gasteiger partial charge is 0.379 e. The molecule has 1 aromatic carbocycles. The number of hydrogen-bond donors (Lipinski definition) is 2. The number of nitrogens with one attached hydrogen (secondary N) is 2. The molecule has 0 radical (unpaired) electrons. The quantitative estimate of drug-likeness (QED) is 0.0484. The molecule has 0 spiro atoms. The maximum absolute atomic E-state index is 12.7. The van der Waals surface area contributed by atoms with Crippen LogP contribution in [0.3, 0.4) is 0 Å². The first-order chi connectivity index (χ1) is 28.9. The number of benzene rings is 1. The van der Waals surface area contributed by atoms with Crippen molar-refractivity contribution in [1.29, 1.82) is 0 Å². The summed E-state index contributed by atoms with van der Waals surface area (Å²) in [5, 5.41) is 18.4. The molecule has 1 atom stereocenters. The molecule has 13 nitrogen and oxygen atoms in total. The molecule has 2 aromatic rings. The molecule has 4 fully saturated rings. The monoisotopic (exact) mass is 826 g/mol. The number of hydrogen-bond acceptors (Lipinski definition) is 10. The average Bonchev–Trinajstić information content (AvgIpc) is 3.68. The van der Waals surface area contributed by atoms with E-state index in [0.717, 1.165) is 67.7 Å². The number of nitrogens with zero attached hydrogens (tertiary/aromatic N) is 4. The van der Waals surface area contributed by atoms with Gasteiger partial charge in [0.25, 0.3) is 0 Å². The fourth-order valence-electron chi connectivity index (χ4n) is 9.99. The number of unbranched alkanes of at least 4 members (excludes halogenated alkanes) is 3. The Morgan fingerprint density at radius 1 is 0.900 bits per heavy atom. The van der Waals surface area contributed by atoms with Crippen LogP contribution in [-0.4, -0.2) is 77.2 Å². The summed E-state index contributed by atoms with van der Waals surface area (Å²) in [5.74, 6) is 2.33. The summed E-state index contributed by atoms with van der Waals surface area (Å²) in [6, 6.07) is 5.26. The molecule has 326 valence electrons. The van der Waals surface area contributed by atoms with Gasteiger partial charge in [-0.2, -0.15) is 0 Å². The van der Waals surface area contributed by atoms with Gasteiger partial charge in [-0.05, 0) is 149 Å². The van der Waals surface area contributed by atoms with Crippen molar-refractivity contribution in [3.05, 3.63) is 70.1 Å². The number of aryl methyl sites for hydroxylation is 3. The van der Waals surface area contributed by atoms with Crippen LogP contribution in [0.25, 0.3) is 0 Å². The van der Waals surface area contributed by atoms with E-state index in [-0.39, 0.29) is 29.9 Å². The lowest BCUT2D eigenvalue weighted by Gasteiger charge is -2.57. The van der Waals surface area contributed by atoms with Crippen molar-refractivity contribution in [3.63, 3.8) is 0 Å². The highest BCUT2D eigenvalue weighted by atomic mass is 16.7. The summed E-state index contributed by atoms with van der Waals surface area (Å²) in [6.45, 7) is 11.2. The number of aromatic nitrogens is 3. The normalized spacial score (nSPS) is 23.0. The van der Waals surface area contributed by atoms with Crippen LogP contribution >= 0.6 is 0 Å². The van der Waals surface area contributed by atoms with E-state index in [2.05, 4.69) is 33.0 Å². The van der Waals surface area contributed by atoms with Gasteiger partial charge >= 0.3 is 5.97 Å². The molecule has 4 saturated carbocycles. The number of oxime groups is 1. The van der Waals surface area contributed by atoms with E-state index in [1.807, 2.05) is 16.9 Å². The van der Waals surface area contributed by atoms with Crippen molar-refractivity contribution in [2.75, 3.05) is 33.0 Å². The zero-order valence-corrected chi connectivity index (χ0v) is 36.3. The van der Waals surface area contributed by atoms with Gasteiger partial charge in [0.1, 0.15) is 5.71 Å². The number of carbonyl (C=O) groups is 4. The lowest BCUT2D eigenvalue weighted by Crippen LogP contribution is -2.46. The lowest BCUT2D eigenvalue weighted by atomic mass is 9.48. The van der Waals surface area contributed by atoms with Crippen molar-refractivity contribution < 1.29 is 33.5 Å². The van der Waals surface area contributed by atoms with Crippen LogP contribution < -0.4 is 10.6 Å². The van der Waals surface area contributed by atoms with Gasteiger partial charge in [-0.3, -0.25) is 19.1 Å². The molecule has 60 heavy (non-hydrogen) atoms. The fourth-order valence-corrected chi connectivity index (χ4v) is 9.99. The van der Waals surface area contributed by atoms with Crippen LogP contribution in [0, 0.1) is 36.0 Å². The molecular formula is C47H66N6O7. The standard InChI is InChI=1S/C47H66N6O7/c1-32(13-14-47-27-37-24-38(28-47)26-39(25-37)29-47)45(56)48-15-18-59-20-19-58-17-8-6-5-7-16-53-31-40(50-52-53)10-12-44(55)49-30-36-9-11-41(33(2)21-36)46(57)60-51-42-22-35(4)43(54)23-34(42)3/h9,11,21-23,31-32,37-39H,5-8,10,12-20,24-30H2,1-4H3,(H,48,56)(H,49,55)/b51-42-/t32-,37?,38?,39?,47?/m1/s1. The minimum absolute atomic E-state index is 0.0637. The zero-order valence-electron chi connectivity index (χ0n) is 36.3. The first kappa shape index (κ1) is 45.0. The Hall–Kier alpha value is -4.49. The highest BCUT2D eigenvalue weighted by Crippen LogP contribution is 2.61. The number of ether oxygens (including phenoxy) is 2. The Kier molecular flexibility index (Phi) is 16.4. The maximum Gasteiger partial charge on any atom is 0.366 e. The van der Waals surface area contributed by atoms with Crippen molar-refractivity contribution in [1.82, 2.24) is 25.6 Å². The van der Waals surface area contributed by atoms with E-state index in [0.29, 0.717) is 79.3 Å². The second kappa shape index (κ2) is 21.9. The van der Waals surface area contributed by atoms with Crippen LogP contribution in [0.5, 0.6) is 0 Å². The molecule has 2 amide bonds. The van der Waals surface area contributed by atoms with E-state index in [1.165, 1.54) is 51.0 Å². The highest BCUT2D eigenvalue weighted by Gasteiger charge is 2.50. The smallest absolute Gasteiger partial charge is 0.366 e. The average molecular weight is 827 g/mol. The van der Waals surface area contributed by atoms with E-state index in [9.17, 15) is 19.2 Å². The van der Waals surface area contributed by atoms with E-state index < -0.39 is 5.97 Å². The van der Waals surface area contributed by atoms with E-state index in [1.54, 1.807) is 39.0 Å². The van der Waals surface area contributed by atoms with Crippen LogP contribution in [0.2, 0.25) is 0 Å². The van der Waals surface area contributed by atoms with Gasteiger partial charge in [0, 0.05) is 51.2 Å². The van der Waals surface area contributed by atoms with Crippen molar-refractivity contribution in [2.24, 2.45) is 34.2 Å². The Bertz CT molecular complexity index is 1880. The van der Waals surface area contributed by atoms with Crippen LogP contribution in [0.4, 0.5) is 0 Å². The summed E-state index contributed by atoms with van der Waals surface area (Å²) in [5.41, 5.74) is 4.83. The van der Waals surface area contributed by atoms with Gasteiger partial charge in [-0.1, -0.05) is 42.3 Å². The maximum atomic E-state index is 12.7. The van der Waals surface area contributed by atoms with Gasteiger partial charge in [0.05, 0.1) is 31.1 Å². The fraction of sp³-hybridized carbons (Fsp3) is 0.638. The van der Waals surface area contributed by atoms with Crippen LogP contribution in [-0.2, 0) is 48.2 Å². The highest BCUT2D eigenvalue weighted by molar-refractivity contribution is 6.21. The summed E-state index contributed by atoms with van der Waals surface area (Å²) >= 11 is 0. The van der Waals surface area contributed by atoms with E-state index >= 15 is 0 Å². The summed E-state index contributed by atoms with van der Waals surface area (Å²) in [6.07, 6.45) is 20.7. The third-order valence-electron chi connectivity index (χ3n) is 13.0. The van der Waals surface area contributed by atoms with Gasteiger partial charge in [-0.25, -0.2) is 4.79 Å². The van der Waals surface area contributed by atoms with Crippen molar-refractivity contribution in [2.45, 2.75) is 131 Å². The second-order valence-corrected chi connectivity index (χ2v) is 18.1. The summed E-state index contributed by atoms with van der Waals surface area (Å²) in [7, 11) is 0. The van der Waals surface area contributed by atoms with Gasteiger partial charge in [-0.15, -0.1) is 5.10 Å². The Balaban J connectivity index is 0.734. The molecule has 4 bridgehead atoms. The molecule has 5 aliphatic rings. The molecule has 2 N–H and O–H groups in total. The number of carbonyl (C=O) groups excluding carboxylic acids is 4. The molecule has 13 heteroatoms. The van der Waals surface area contributed by atoms with Crippen LogP contribution in [0.15, 0.2) is 52.8 Å². The van der Waals surface area contributed by atoms with Crippen molar-refractivity contribution in [3.8, 4) is 0 Å². The number of allylic oxidation sites excluding steroid dienone is 4. The zero-order chi connectivity index (χ0) is 42.5. The van der Waals surface area contributed by atoms with Gasteiger partial charge in [0.15, 0.2) is 5.78 Å². The SMILES string of the molecule is CC1=C/C(=N/OC(=O)c2ccc(CNC(=O)CCc3cn(CCCCCCOCCOCCNC(=O)[C@H](C)CCC45CC6CC(CC(C6)C4)C5)nn3)cc2C)C(C)=CC1=O. The van der Waals surface area contributed by atoms with E-state index in [4.69, 9.17) is 14.3 Å². The minimum Gasteiger partial charge on any atom is -0.379 e. The van der Waals surface area contributed by atoms with Gasteiger partial charge < -0.3 is 24.9 Å².